The summed E-state index contributed by atoms with van der Waals surface area (Å²) in [7, 11) is 0. The lowest BCUT2D eigenvalue weighted by atomic mass is 10.3. The number of hydrogen-bond acceptors (Lipinski definition) is 5. The van der Waals surface area contributed by atoms with Crippen molar-refractivity contribution in [2.24, 2.45) is 0 Å². The van der Waals surface area contributed by atoms with E-state index in [4.69, 9.17) is 0 Å². The Bertz CT molecular complexity index is 507. The molecule has 0 aliphatic heterocycles. The van der Waals surface area contributed by atoms with E-state index in [1.54, 1.807) is 6.92 Å². The van der Waals surface area contributed by atoms with Crippen molar-refractivity contribution in [3.05, 3.63) is 46.5 Å². The van der Waals surface area contributed by atoms with Gasteiger partial charge in [0.2, 0.25) is 5.91 Å². The lowest BCUT2D eigenvalue weighted by Crippen LogP contribution is -2.09. The van der Waals surface area contributed by atoms with E-state index in [2.05, 4.69) is 10.1 Å². The van der Waals surface area contributed by atoms with Crippen LogP contribution in [0.2, 0.25) is 0 Å². The van der Waals surface area contributed by atoms with Gasteiger partial charge in [0.1, 0.15) is 0 Å². The Morgan fingerprint density at radius 2 is 1.95 bits per heavy atom. The molecule has 1 rings (SSSR count). The van der Waals surface area contributed by atoms with E-state index in [0.29, 0.717) is 5.69 Å². The molecular weight excluding hydrogens is 252 g/mol. The maximum absolute atomic E-state index is 11.4. The molecule has 0 heterocycles. The third kappa shape index (κ3) is 4.99. The van der Waals surface area contributed by atoms with Gasteiger partial charge in [0, 0.05) is 30.0 Å². The maximum atomic E-state index is 11.4. The Hall–Kier alpha value is -2.70. The van der Waals surface area contributed by atoms with Crippen LogP contribution in [0, 0.1) is 10.1 Å². The highest BCUT2D eigenvalue weighted by atomic mass is 16.6. The largest absolute Gasteiger partial charge is 0.463 e. The first-order valence-corrected chi connectivity index (χ1v) is 5.43. The van der Waals surface area contributed by atoms with Gasteiger partial charge in [-0.3, -0.25) is 14.9 Å². The van der Waals surface area contributed by atoms with Crippen LogP contribution in [0.1, 0.15) is 6.92 Å². The maximum Gasteiger partial charge on any atom is 0.330 e. The van der Waals surface area contributed by atoms with E-state index in [1.165, 1.54) is 24.3 Å². The average Bonchev–Trinajstić information content (AvgIpc) is 2.37. The van der Waals surface area contributed by atoms with Crippen LogP contribution in [0.4, 0.5) is 11.4 Å². The molecule has 0 aliphatic rings. The second-order valence-corrected chi connectivity index (χ2v) is 3.38. The molecule has 0 radical (unpaired) electrons. The van der Waals surface area contributed by atoms with Crippen molar-refractivity contribution in [2.45, 2.75) is 6.92 Å². The molecule has 1 aromatic carbocycles. The number of nitrogens with one attached hydrogen (secondary N) is 1. The molecule has 1 N–H and O–H groups in total. The number of ether oxygens (including phenoxy) is 1. The smallest absolute Gasteiger partial charge is 0.330 e. The predicted molar refractivity (Wildman–Crippen MR) is 67.5 cm³/mol. The topological polar surface area (TPSA) is 98.5 Å². The normalized spacial score (nSPS) is 10.2. The second-order valence-electron chi connectivity index (χ2n) is 3.38. The summed E-state index contributed by atoms with van der Waals surface area (Å²) in [6.45, 7) is 1.88. The standard InChI is InChI=1S/C12H12N2O5/c1-2-19-12(16)8-7-11(15)13-9-3-5-10(6-4-9)14(17)18/h3-8H,2H2,1H3,(H,13,15)/b8-7-. The van der Waals surface area contributed by atoms with Crippen LogP contribution in [-0.4, -0.2) is 23.4 Å². The van der Waals surface area contributed by atoms with E-state index in [0.717, 1.165) is 12.2 Å². The van der Waals surface area contributed by atoms with Gasteiger partial charge in [0.25, 0.3) is 5.69 Å². The first-order valence-electron chi connectivity index (χ1n) is 5.43. The summed E-state index contributed by atoms with van der Waals surface area (Å²) in [5.74, 6) is -1.14. The van der Waals surface area contributed by atoms with Crippen molar-refractivity contribution in [2.75, 3.05) is 11.9 Å². The molecule has 7 heteroatoms. The van der Waals surface area contributed by atoms with Gasteiger partial charge in [0.15, 0.2) is 0 Å². The van der Waals surface area contributed by atoms with Crippen molar-refractivity contribution < 1.29 is 19.2 Å². The zero-order valence-corrected chi connectivity index (χ0v) is 10.2. The van der Waals surface area contributed by atoms with Gasteiger partial charge in [-0.2, -0.15) is 0 Å². The third-order valence-corrected chi connectivity index (χ3v) is 2.00. The molecule has 1 amide bonds. The molecule has 0 unspecified atom stereocenters. The predicted octanol–water partition coefficient (Wildman–Crippen LogP) is 1.65. The Morgan fingerprint density at radius 3 is 2.47 bits per heavy atom. The Balaban J connectivity index is 2.57. The number of hydrogen-bond donors (Lipinski definition) is 1. The molecule has 0 aliphatic carbocycles. The SMILES string of the molecule is CCOC(=O)/C=C\C(=O)Nc1ccc([N+](=O)[O-])cc1. The average molecular weight is 264 g/mol. The summed E-state index contributed by atoms with van der Waals surface area (Å²) in [6.07, 6.45) is 2.03. The molecule has 0 fully saturated rings. The Kier molecular flexibility index (Phi) is 5.21. The van der Waals surface area contributed by atoms with Crippen LogP contribution in [-0.2, 0) is 14.3 Å². The molecule has 0 atom stereocenters. The van der Waals surface area contributed by atoms with Gasteiger partial charge in [-0.05, 0) is 19.1 Å². The third-order valence-electron chi connectivity index (χ3n) is 2.00. The molecule has 0 bridgehead atoms. The van der Waals surface area contributed by atoms with E-state index >= 15 is 0 Å². The lowest BCUT2D eigenvalue weighted by molar-refractivity contribution is -0.384. The second kappa shape index (κ2) is 6.90. The number of nitrogens with zero attached hydrogens (tertiary/aromatic N) is 1. The summed E-state index contributed by atoms with van der Waals surface area (Å²) < 4.78 is 4.60. The number of nitro benzene ring substituents is 1. The summed E-state index contributed by atoms with van der Waals surface area (Å²) >= 11 is 0. The van der Waals surface area contributed by atoms with Gasteiger partial charge in [-0.15, -0.1) is 0 Å². The first kappa shape index (κ1) is 14.4. The molecule has 0 saturated carbocycles. The van der Waals surface area contributed by atoms with Gasteiger partial charge in [-0.1, -0.05) is 0 Å². The number of carbonyl (C=O) groups is 2. The van der Waals surface area contributed by atoms with Gasteiger partial charge in [-0.25, -0.2) is 4.79 Å². The van der Waals surface area contributed by atoms with E-state index in [9.17, 15) is 19.7 Å². The molecular formula is C12H12N2O5. The highest BCUT2D eigenvalue weighted by Crippen LogP contribution is 2.15. The van der Waals surface area contributed by atoms with Crippen LogP contribution >= 0.6 is 0 Å². The zero-order chi connectivity index (χ0) is 14.3. The molecule has 19 heavy (non-hydrogen) atoms. The van der Waals surface area contributed by atoms with E-state index in [1.807, 2.05) is 0 Å². The number of esters is 1. The summed E-state index contributed by atoms with van der Waals surface area (Å²) in [5, 5.41) is 12.9. The molecule has 100 valence electrons. The summed E-state index contributed by atoms with van der Waals surface area (Å²) in [6, 6.07) is 5.33. The number of carbonyl (C=O) groups excluding carboxylic acids is 2. The first-order chi connectivity index (χ1) is 9.02. The molecule has 0 saturated heterocycles. The minimum absolute atomic E-state index is 0.0694. The number of rotatable bonds is 5. The fourth-order valence-corrected chi connectivity index (χ4v) is 1.18. The Labute approximate surface area is 109 Å². The Morgan fingerprint density at radius 1 is 1.32 bits per heavy atom. The van der Waals surface area contributed by atoms with Crippen molar-refractivity contribution in [1.82, 2.24) is 0 Å². The van der Waals surface area contributed by atoms with Crippen LogP contribution in [0.25, 0.3) is 0 Å². The van der Waals surface area contributed by atoms with E-state index in [-0.39, 0.29) is 12.3 Å². The quantitative estimate of drug-likeness (QED) is 0.377. The fraction of sp³-hybridized carbons (Fsp3) is 0.167. The van der Waals surface area contributed by atoms with Crippen LogP contribution < -0.4 is 5.32 Å². The summed E-state index contributed by atoms with van der Waals surface area (Å²) in [4.78, 5) is 32.2. The fourth-order valence-electron chi connectivity index (χ4n) is 1.18. The van der Waals surface area contributed by atoms with E-state index < -0.39 is 16.8 Å². The van der Waals surface area contributed by atoms with Gasteiger partial charge in [0.05, 0.1) is 11.5 Å². The minimum atomic E-state index is -0.610. The monoisotopic (exact) mass is 264 g/mol. The minimum Gasteiger partial charge on any atom is -0.463 e. The number of nitro groups is 1. The molecule has 7 nitrogen and oxygen atoms in total. The highest BCUT2D eigenvalue weighted by Gasteiger charge is 2.05. The zero-order valence-electron chi connectivity index (χ0n) is 10.2. The highest BCUT2D eigenvalue weighted by molar-refractivity contribution is 6.02. The number of benzene rings is 1. The molecule has 0 aromatic heterocycles. The van der Waals surface area contributed by atoms with Crippen molar-refractivity contribution >= 4 is 23.3 Å². The number of non-ortho nitro benzene ring substituents is 1. The number of amides is 1. The van der Waals surface area contributed by atoms with Crippen molar-refractivity contribution in [1.29, 1.82) is 0 Å². The van der Waals surface area contributed by atoms with Crippen LogP contribution in [0.5, 0.6) is 0 Å². The number of anilines is 1. The van der Waals surface area contributed by atoms with Gasteiger partial charge < -0.3 is 10.1 Å². The lowest BCUT2D eigenvalue weighted by Gasteiger charge is -2.01. The van der Waals surface area contributed by atoms with Crippen LogP contribution in [0.15, 0.2) is 36.4 Å². The van der Waals surface area contributed by atoms with Crippen molar-refractivity contribution in [3.8, 4) is 0 Å². The molecule has 0 spiro atoms. The summed E-state index contributed by atoms with van der Waals surface area (Å²) in [5.41, 5.74) is 0.323. The van der Waals surface area contributed by atoms with Crippen LogP contribution in [0.3, 0.4) is 0 Å². The molecule has 1 aromatic rings. The van der Waals surface area contributed by atoms with Gasteiger partial charge >= 0.3 is 5.97 Å². The van der Waals surface area contributed by atoms with Crippen molar-refractivity contribution in [3.63, 3.8) is 0 Å².